The third-order valence-electron chi connectivity index (χ3n) is 2.22. The zero-order valence-electron chi connectivity index (χ0n) is 8.74. The van der Waals surface area contributed by atoms with E-state index in [2.05, 4.69) is 15.0 Å². The van der Waals surface area contributed by atoms with Crippen LogP contribution in [0, 0.1) is 0 Å². The Balaban J connectivity index is 2.11. The molecule has 2 aromatic rings. The van der Waals surface area contributed by atoms with Gasteiger partial charge < -0.3 is 11.5 Å². The third kappa shape index (κ3) is 2.52. The summed E-state index contributed by atoms with van der Waals surface area (Å²) in [6.45, 7) is 0. The normalized spacial score (nSPS) is 12.3. The van der Waals surface area contributed by atoms with Crippen molar-refractivity contribution in [2.75, 3.05) is 5.73 Å². The molecule has 0 aliphatic heterocycles. The minimum atomic E-state index is -0.219. The van der Waals surface area contributed by atoms with Crippen LogP contribution in [0.2, 0.25) is 0 Å². The average molecular weight is 215 g/mol. The number of pyridine rings is 1. The Bertz CT molecular complexity index is 457. The van der Waals surface area contributed by atoms with E-state index in [1.807, 2.05) is 12.1 Å². The first-order valence-corrected chi connectivity index (χ1v) is 4.98. The summed E-state index contributed by atoms with van der Waals surface area (Å²) < 4.78 is 0. The van der Waals surface area contributed by atoms with Crippen molar-refractivity contribution in [1.29, 1.82) is 0 Å². The largest absolute Gasteiger partial charge is 0.384 e. The Morgan fingerprint density at radius 2 is 1.88 bits per heavy atom. The average Bonchev–Trinajstić information content (AvgIpc) is 2.30. The van der Waals surface area contributed by atoms with Crippen molar-refractivity contribution in [1.82, 2.24) is 15.0 Å². The number of nitrogens with two attached hydrogens (primary N) is 2. The van der Waals surface area contributed by atoms with E-state index in [1.165, 1.54) is 0 Å². The summed E-state index contributed by atoms with van der Waals surface area (Å²) in [4.78, 5) is 12.2. The predicted octanol–water partition coefficient (Wildman–Crippen LogP) is 0.696. The topological polar surface area (TPSA) is 90.7 Å². The monoisotopic (exact) mass is 215 g/mol. The molecule has 0 saturated carbocycles. The lowest BCUT2D eigenvalue weighted by molar-refractivity contribution is 0.666. The van der Waals surface area contributed by atoms with Crippen molar-refractivity contribution >= 4 is 5.82 Å². The summed E-state index contributed by atoms with van der Waals surface area (Å²) in [6.07, 6.45) is 5.69. The molecule has 0 spiro atoms. The van der Waals surface area contributed by atoms with Gasteiger partial charge in [0.05, 0.1) is 6.04 Å². The first-order valence-electron chi connectivity index (χ1n) is 4.98. The van der Waals surface area contributed by atoms with Crippen LogP contribution in [-0.4, -0.2) is 15.0 Å². The summed E-state index contributed by atoms with van der Waals surface area (Å²) in [5.41, 5.74) is 12.6. The lowest BCUT2D eigenvalue weighted by Gasteiger charge is -2.09. The highest BCUT2D eigenvalue weighted by Crippen LogP contribution is 2.12. The molecule has 2 rings (SSSR count). The van der Waals surface area contributed by atoms with E-state index in [0.717, 1.165) is 5.56 Å². The Hall–Kier alpha value is -2.01. The van der Waals surface area contributed by atoms with Gasteiger partial charge in [-0.2, -0.15) is 0 Å². The molecule has 2 aromatic heterocycles. The summed E-state index contributed by atoms with van der Waals surface area (Å²) in [7, 11) is 0. The summed E-state index contributed by atoms with van der Waals surface area (Å²) in [5.74, 6) is 1.14. The van der Waals surface area contributed by atoms with Crippen LogP contribution < -0.4 is 11.5 Å². The van der Waals surface area contributed by atoms with E-state index in [1.54, 1.807) is 24.7 Å². The quantitative estimate of drug-likeness (QED) is 0.786. The molecule has 0 fully saturated rings. The second-order valence-electron chi connectivity index (χ2n) is 3.51. The van der Waals surface area contributed by atoms with Gasteiger partial charge in [-0.3, -0.25) is 0 Å². The standard InChI is InChI=1S/C11H13N5/c12-9(11-15-3-1-4-16-11)6-8-2-5-14-10(13)7-8/h1-5,7,9H,6,12H2,(H2,13,14). The zero-order chi connectivity index (χ0) is 11.4. The number of hydrogen-bond acceptors (Lipinski definition) is 5. The molecule has 0 amide bonds. The predicted molar refractivity (Wildman–Crippen MR) is 61.3 cm³/mol. The van der Waals surface area contributed by atoms with Gasteiger partial charge >= 0.3 is 0 Å². The second kappa shape index (κ2) is 4.67. The van der Waals surface area contributed by atoms with Gasteiger partial charge in [0.2, 0.25) is 0 Å². The zero-order valence-corrected chi connectivity index (χ0v) is 8.74. The first kappa shape index (κ1) is 10.5. The lowest BCUT2D eigenvalue weighted by Crippen LogP contribution is -2.16. The van der Waals surface area contributed by atoms with Crippen LogP contribution in [0.15, 0.2) is 36.8 Å². The molecule has 4 N–H and O–H groups in total. The van der Waals surface area contributed by atoms with Crippen molar-refractivity contribution in [2.45, 2.75) is 12.5 Å². The number of anilines is 1. The molecule has 82 valence electrons. The highest BCUT2D eigenvalue weighted by molar-refractivity contribution is 5.32. The molecule has 16 heavy (non-hydrogen) atoms. The third-order valence-corrected chi connectivity index (χ3v) is 2.22. The molecule has 0 bridgehead atoms. The van der Waals surface area contributed by atoms with Crippen LogP contribution in [-0.2, 0) is 6.42 Å². The van der Waals surface area contributed by atoms with Crippen LogP contribution in [0.25, 0.3) is 0 Å². The van der Waals surface area contributed by atoms with Gasteiger partial charge in [0.15, 0.2) is 0 Å². The van der Waals surface area contributed by atoms with Gasteiger partial charge in [0.25, 0.3) is 0 Å². The van der Waals surface area contributed by atoms with Crippen LogP contribution in [0.5, 0.6) is 0 Å². The molecule has 0 aliphatic rings. The second-order valence-corrected chi connectivity index (χ2v) is 3.51. The fourth-order valence-corrected chi connectivity index (χ4v) is 1.47. The van der Waals surface area contributed by atoms with Crippen LogP contribution in [0.4, 0.5) is 5.82 Å². The number of nitrogen functional groups attached to an aromatic ring is 1. The van der Waals surface area contributed by atoms with Crippen LogP contribution in [0.3, 0.4) is 0 Å². The maximum atomic E-state index is 5.99. The van der Waals surface area contributed by atoms with Gasteiger partial charge in [-0.15, -0.1) is 0 Å². The SMILES string of the molecule is Nc1cc(CC(N)c2ncccn2)ccn1. The fourth-order valence-electron chi connectivity index (χ4n) is 1.47. The molecule has 0 aliphatic carbocycles. The van der Waals surface area contributed by atoms with E-state index in [0.29, 0.717) is 18.1 Å². The molecule has 2 heterocycles. The van der Waals surface area contributed by atoms with Crippen molar-refractivity contribution in [3.05, 3.63) is 48.2 Å². The molecule has 0 saturated heterocycles. The number of rotatable bonds is 3. The Morgan fingerprint density at radius 1 is 1.12 bits per heavy atom. The smallest absolute Gasteiger partial charge is 0.145 e. The minimum absolute atomic E-state index is 0.219. The van der Waals surface area contributed by atoms with Crippen molar-refractivity contribution < 1.29 is 0 Å². The fraction of sp³-hybridized carbons (Fsp3) is 0.182. The highest BCUT2D eigenvalue weighted by Gasteiger charge is 2.09. The van der Waals surface area contributed by atoms with Gasteiger partial charge in [0, 0.05) is 18.6 Å². The summed E-state index contributed by atoms with van der Waals surface area (Å²) >= 11 is 0. The molecular formula is C11H13N5. The Labute approximate surface area is 93.6 Å². The molecule has 1 unspecified atom stereocenters. The maximum Gasteiger partial charge on any atom is 0.145 e. The van der Waals surface area contributed by atoms with Crippen molar-refractivity contribution in [3.63, 3.8) is 0 Å². The molecule has 1 atom stereocenters. The Morgan fingerprint density at radius 3 is 2.56 bits per heavy atom. The lowest BCUT2D eigenvalue weighted by atomic mass is 10.1. The Kier molecular flexibility index (Phi) is 3.07. The van der Waals surface area contributed by atoms with Gasteiger partial charge in [-0.25, -0.2) is 15.0 Å². The number of aromatic nitrogens is 3. The summed E-state index contributed by atoms with van der Waals surface area (Å²) in [6, 6.07) is 5.24. The van der Waals surface area contributed by atoms with E-state index in [-0.39, 0.29) is 6.04 Å². The molecule has 5 heteroatoms. The molecule has 0 aromatic carbocycles. The van der Waals surface area contributed by atoms with E-state index < -0.39 is 0 Å². The summed E-state index contributed by atoms with van der Waals surface area (Å²) in [5, 5.41) is 0. The van der Waals surface area contributed by atoms with Crippen LogP contribution >= 0.6 is 0 Å². The highest BCUT2D eigenvalue weighted by atomic mass is 14.9. The number of nitrogens with zero attached hydrogens (tertiary/aromatic N) is 3. The molecule has 0 radical (unpaired) electrons. The van der Waals surface area contributed by atoms with E-state index in [4.69, 9.17) is 11.5 Å². The minimum Gasteiger partial charge on any atom is -0.384 e. The molecule has 5 nitrogen and oxygen atoms in total. The van der Waals surface area contributed by atoms with E-state index in [9.17, 15) is 0 Å². The first-order chi connectivity index (χ1) is 7.75. The number of hydrogen-bond donors (Lipinski definition) is 2. The van der Waals surface area contributed by atoms with Crippen molar-refractivity contribution in [2.24, 2.45) is 5.73 Å². The van der Waals surface area contributed by atoms with E-state index >= 15 is 0 Å². The maximum absolute atomic E-state index is 5.99. The van der Waals surface area contributed by atoms with Gasteiger partial charge in [-0.1, -0.05) is 0 Å². The van der Waals surface area contributed by atoms with Gasteiger partial charge in [-0.05, 0) is 30.2 Å². The van der Waals surface area contributed by atoms with Crippen molar-refractivity contribution in [3.8, 4) is 0 Å². The molecular weight excluding hydrogens is 202 g/mol. The van der Waals surface area contributed by atoms with Crippen LogP contribution in [0.1, 0.15) is 17.4 Å². The van der Waals surface area contributed by atoms with Gasteiger partial charge in [0.1, 0.15) is 11.6 Å².